The fourth-order valence-electron chi connectivity index (χ4n) is 1.92. The largest absolute Gasteiger partial charge is 0.437 e. The van der Waals surface area contributed by atoms with Crippen molar-refractivity contribution < 1.29 is 9.47 Å². The topological polar surface area (TPSA) is 57.1 Å². The minimum Gasteiger partial charge on any atom is -0.437 e. The van der Waals surface area contributed by atoms with Gasteiger partial charge in [0.05, 0.1) is 11.7 Å². The van der Waals surface area contributed by atoms with E-state index in [4.69, 9.17) is 21.1 Å². The summed E-state index contributed by atoms with van der Waals surface area (Å²) in [6.07, 6.45) is 1.65. The molecule has 0 N–H and O–H groups in total. The van der Waals surface area contributed by atoms with Gasteiger partial charge in [0.15, 0.2) is 5.82 Å². The SMILES string of the molecule is COCc1nc(Cl)cc(Oc2cnc3ccccc3c2)n1. The van der Waals surface area contributed by atoms with Crippen LogP contribution in [0.2, 0.25) is 5.15 Å². The van der Waals surface area contributed by atoms with Crippen LogP contribution in [0.25, 0.3) is 10.9 Å². The van der Waals surface area contributed by atoms with Gasteiger partial charge in [-0.15, -0.1) is 0 Å². The Morgan fingerprint density at radius 1 is 1.14 bits per heavy atom. The first-order valence-corrected chi connectivity index (χ1v) is 6.67. The molecule has 0 spiro atoms. The number of fused-ring (bicyclic) bond motifs is 1. The van der Waals surface area contributed by atoms with Crippen molar-refractivity contribution in [2.45, 2.75) is 6.61 Å². The molecule has 0 bridgehead atoms. The zero-order chi connectivity index (χ0) is 14.7. The molecule has 0 aliphatic heterocycles. The molecule has 106 valence electrons. The van der Waals surface area contributed by atoms with E-state index in [1.54, 1.807) is 19.4 Å². The molecule has 0 saturated heterocycles. The van der Waals surface area contributed by atoms with Crippen LogP contribution in [-0.4, -0.2) is 22.1 Å². The lowest BCUT2D eigenvalue weighted by molar-refractivity contribution is 0.177. The number of benzene rings is 1. The van der Waals surface area contributed by atoms with Crippen LogP contribution in [0.3, 0.4) is 0 Å². The normalized spacial score (nSPS) is 10.8. The number of aromatic nitrogens is 3. The summed E-state index contributed by atoms with van der Waals surface area (Å²) in [6, 6.07) is 11.3. The van der Waals surface area contributed by atoms with E-state index in [-0.39, 0.29) is 6.61 Å². The maximum Gasteiger partial charge on any atom is 0.224 e. The monoisotopic (exact) mass is 301 g/mol. The first-order valence-electron chi connectivity index (χ1n) is 6.29. The summed E-state index contributed by atoms with van der Waals surface area (Å²) in [5.74, 6) is 1.42. The Morgan fingerprint density at radius 3 is 2.86 bits per heavy atom. The summed E-state index contributed by atoms with van der Waals surface area (Å²) in [6.45, 7) is 0.271. The number of rotatable bonds is 4. The van der Waals surface area contributed by atoms with E-state index in [0.29, 0.717) is 22.6 Å². The highest BCUT2D eigenvalue weighted by molar-refractivity contribution is 6.29. The molecule has 0 fully saturated rings. The summed E-state index contributed by atoms with van der Waals surface area (Å²) in [5.41, 5.74) is 0.908. The van der Waals surface area contributed by atoms with Gasteiger partial charge in [-0.05, 0) is 12.1 Å². The summed E-state index contributed by atoms with van der Waals surface area (Å²) < 4.78 is 10.7. The van der Waals surface area contributed by atoms with Crippen LogP contribution < -0.4 is 4.74 Å². The van der Waals surface area contributed by atoms with Crippen molar-refractivity contribution in [2.75, 3.05) is 7.11 Å². The lowest BCUT2D eigenvalue weighted by Gasteiger charge is -2.07. The van der Waals surface area contributed by atoms with E-state index in [0.717, 1.165) is 10.9 Å². The zero-order valence-electron chi connectivity index (χ0n) is 11.3. The highest BCUT2D eigenvalue weighted by Crippen LogP contribution is 2.24. The lowest BCUT2D eigenvalue weighted by Crippen LogP contribution is -1.99. The van der Waals surface area contributed by atoms with Gasteiger partial charge in [0.1, 0.15) is 17.5 Å². The molecule has 0 atom stereocenters. The predicted molar refractivity (Wildman–Crippen MR) is 79.6 cm³/mol. The molecule has 0 aliphatic rings. The fourth-order valence-corrected chi connectivity index (χ4v) is 2.11. The van der Waals surface area contributed by atoms with E-state index in [9.17, 15) is 0 Å². The Labute approximate surface area is 126 Å². The molecule has 0 aliphatic carbocycles. The smallest absolute Gasteiger partial charge is 0.224 e. The maximum atomic E-state index is 5.94. The van der Waals surface area contributed by atoms with Crippen LogP contribution in [0.4, 0.5) is 0 Å². The van der Waals surface area contributed by atoms with Gasteiger partial charge in [-0.1, -0.05) is 29.8 Å². The molecule has 2 aromatic heterocycles. The fraction of sp³-hybridized carbons (Fsp3) is 0.133. The molecular weight excluding hydrogens is 290 g/mol. The van der Waals surface area contributed by atoms with Gasteiger partial charge in [0, 0.05) is 18.6 Å². The van der Waals surface area contributed by atoms with Crippen LogP contribution in [-0.2, 0) is 11.3 Å². The van der Waals surface area contributed by atoms with Gasteiger partial charge in [-0.2, -0.15) is 4.98 Å². The highest BCUT2D eigenvalue weighted by Gasteiger charge is 2.06. The summed E-state index contributed by atoms with van der Waals surface area (Å²) in [7, 11) is 1.57. The first-order chi connectivity index (χ1) is 10.2. The maximum absolute atomic E-state index is 5.94. The number of nitrogens with zero attached hydrogens (tertiary/aromatic N) is 3. The van der Waals surface area contributed by atoms with Crippen LogP contribution in [0, 0.1) is 0 Å². The molecule has 1 aromatic carbocycles. The number of hydrogen-bond acceptors (Lipinski definition) is 5. The summed E-state index contributed by atoms with van der Waals surface area (Å²) >= 11 is 5.94. The second-order valence-corrected chi connectivity index (χ2v) is 4.73. The molecule has 0 unspecified atom stereocenters. The van der Waals surface area contributed by atoms with Crippen LogP contribution >= 0.6 is 11.6 Å². The molecule has 21 heavy (non-hydrogen) atoms. The molecule has 0 saturated carbocycles. The van der Waals surface area contributed by atoms with Gasteiger partial charge in [0.25, 0.3) is 0 Å². The number of pyridine rings is 1. The number of halogens is 1. The number of methoxy groups -OCH3 is 1. The Bertz CT molecular complexity index is 780. The first kappa shape index (κ1) is 13.7. The number of para-hydroxylation sites is 1. The van der Waals surface area contributed by atoms with Crippen molar-refractivity contribution in [1.29, 1.82) is 0 Å². The second kappa shape index (κ2) is 6.03. The third-order valence-corrected chi connectivity index (χ3v) is 2.97. The van der Waals surface area contributed by atoms with Crippen molar-refractivity contribution in [2.24, 2.45) is 0 Å². The summed E-state index contributed by atoms with van der Waals surface area (Å²) in [5, 5.41) is 1.30. The third kappa shape index (κ3) is 3.26. The predicted octanol–water partition coefficient (Wildman–Crippen LogP) is 3.62. The Balaban J connectivity index is 1.90. The molecule has 5 nitrogen and oxygen atoms in total. The van der Waals surface area contributed by atoms with E-state index < -0.39 is 0 Å². The number of hydrogen-bond donors (Lipinski definition) is 0. The zero-order valence-corrected chi connectivity index (χ0v) is 12.0. The third-order valence-electron chi connectivity index (χ3n) is 2.78. The van der Waals surface area contributed by atoms with Gasteiger partial charge < -0.3 is 9.47 Å². The van der Waals surface area contributed by atoms with Gasteiger partial charge in [-0.25, -0.2) is 4.98 Å². The Kier molecular flexibility index (Phi) is 3.94. The molecular formula is C15H12ClN3O2. The lowest BCUT2D eigenvalue weighted by atomic mass is 10.2. The van der Waals surface area contributed by atoms with Crippen molar-refractivity contribution >= 4 is 22.5 Å². The minimum absolute atomic E-state index is 0.271. The molecule has 0 amide bonds. The van der Waals surface area contributed by atoms with Crippen molar-refractivity contribution in [3.63, 3.8) is 0 Å². The number of ether oxygens (including phenoxy) is 2. The standard InChI is InChI=1S/C15H12ClN3O2/c1-20-9-14-18-13(16)7-15(19-14)21-11-6-10-4-2-3-5-12(10)17-8-11/h2-8H,9H2,1H3. The molecule has 6 heteroatoms. The van der Waals surface area contributed by atoms with Crippen molar-refractivity contribution in [1.82, 2.24) is 15.0 Å². The van der Waals surface area contributed by atoms with Gasteiger partial charge >= 0.3 is 0 Å². The average Bonchev–Trinajstić information content (AvgIpc) is 2.47. The Hall–Kier alpha value is -2.24. The van der Waals surface area contributed by atoms with Crippen molar-refractivity contribution in [3.05, 3.63) is 53.6 Å². The van der Waals surface area contributed by atoms with E-state index in [1.165, 1.54) is 0 Å². The molecule has 3 rings (SSSR count). The minimum atomic E-state index is 0.271. The van der Waals surface area contributed by atoms with Gasteiger partial charge in [-0.3, -0.25) is 4.98 Å². The van der Waals surface area contributed by atoms with Gasteiger partial charge in [0.2, 0.25) is 5.88 Å². The highest BCUT2D eigenvalue weighted by atomic mass is 35.5. The van der Waals surface area contributed by atoms with Crippen LogP contribution in [0.5, 0.6) is 11.6 Å². The van der Waals surface area contributed by atoms with E-state index >= 15 is 0 Å². The average molecular weight is 302 g/mol. The quantitative estimate of drug-likeness (QED) is 0.689. The second-order valence-electron chi connectivity index (χ2n) is 4.34. The van der Waals surface area contributed by atoms with E-state index in [1.807, 2.05) is 30.3 Å². The van der Waals surface area contributed by atoms with Crippen molar-refractivity contribution in [3.8, 4) is 11.6 Å². The molecule has 3 aromatic rings. The molecule has 2 heterocycles. The van der Waals surface area contributed by atoms with E-state index in [2.05, 4.69) is 15.0 Å². The Morgan fingerprint density at radius 2 is 2.00 bits per heavy atom. The molecule has 0 radical (unpaired) electrons. The van der Waals surface area contributed by atoms with Crippen LogP contribution in [0.15, 0.2) is 42.6 Å². The van der Waals surface area contributed by atoms with Crippen LogP contribution in [0.1, 0.15) is 5.82 Å². The summed E-state index contributed by atoms with van der Waals surface area (Å²) in [4.78, 5) is 12.6.